The molecule has 0 aliphatic carbocycles. The van der Waals surface area contributed by atoms with E-state index in [-0.39, 0.29) is 6.42 Å². The van der Waals surface area contributed by atoms with Crippen molar-refractivity contribution in [1.29, 1.82) is 5.26 Å². The monoisotopic (exact) mass is 392 g/mol. The predicted octanol–water partition coefficient (Wildman–Crippen LogP) is 3.92. The SMILES string of the molecule is Cc1cc(Cl)ccc1OCCCC(=O)OCC(=O)Nc1sccc1C#N. The molecule has 0 aliphatic rings. The van der Waals surface area contributed by atoms with Crippen molar-refractivity contribution in [3.05, 3.63) is 45.8 Å². The summed E-state index contributed by atoms with van der Waals surface area (Å²) in [6.07, 6.45) is 0.606. The maximum absolute atomic E-state index is 11.7. The largest absolute Gasteiger partial charge is 0.493 e. The zero-order valence-electron chi connectivity index (χ0n) is 14.1. The van der Waals surface area contributed by atoms with Gasteiger partial charge in [0.25, 0.3) is 5.91 Å². The van der Waals surface area contributed by atoms with Crippen LogP contribution in [0.5, 0.6) is 5.75 Å². The number of anilines is 1. The summed E-state index contributed by atoms with van der Waals surface area (Å²) in [7, 11) is 0. The average molecular weight is 393 g/mol. The summed E-state index contributed by atoms with van der Waals surface area (Å²) in [5.74, 6) is -0.250. The molecule has 0 unspecified atom stereocenters. The molecule has 0 saturated carbocycles. The number of esters is 1. The van der Waals surface area contributed by atoms with Gasteiger partial charge in [0.15, 0.2) is 6.61 Å². The number of carbonyl (C=O) groups is 2. The third-order valence-electron chi connectivity index (χ3n) is 3.32. The Bertz CT molecular complexity index is 829. The van der Waals surface area contributed by atoms with Gasteiger partial charge in [0.1, 0.15) is 16.8 Å². The van der Waals surface area contributed by atoms with Crippen molar-refractivity contribution in [2.45, 2.75) is 19.8 Å². The van der Waals surface area contributed by atoms with Crippen LogP contribution in [0.4, 0.5) is 5.00 Å². The average Bonchev–Trinajstić information content (AvgIpc) is 3.05. The first kappa shape index (κ1) is 19.8. The van der Waals surface area contributed by atoms with Crippen LogP contribution in [0, 0.1) is 18.3 Å². The number of hydrogen-bond acceptors (Lipinski definition) is 6. The molecular formula is C18H17ClN2O4S. The molecule has 8 heteroatoms. The molecule has 26 heavy (non-hydrogen) atoms. The Morgan fingerprint density at radius 2 is 2.15 bits per heavy atom. The summed E-state index contributed by atoms with van der Waals surface area (Å²) >= 11 is 7.11. The Labute approximate surface area is 160 Å². The predicted molar refractivity (Wildman–Crippen MR) is 99.5 cm³/mol. The molecule has 2 aromatic rings. The van der Waals surface area contributed by atoms with E-state index in [9.17, 15) is 9.59 Å². The lowest BCUT2D eigenvalue weighted by atomic mass is 10.2. The molecule has 0 bridgehead atoms. The quantitative estimate of drug-likeness (QED) is 0.543. The van der Waals surface area contributed by atoms with Crippen molar-refractivity contribution >= 4 is 39.8 Å². The second kappa shape index (κ2) is 9.80. The van der Waals surface area contributed by atoms with Gasteiger partial charge in [-0.15, -0.1) is 11.3 Å². The Kier molecular flexibility index (Phi) is 7.45. The molecule has 0 atom stereocenters. The summed E-state index contributed by atoms with van der Waals surface area (Å²) in [6, 6.07) is 8.89. The molecule has 6 nitrogen and oxygen atoms in total. The maximum Gasteiger partial charge on any atom is 0.306 e. The van der Waals surface area contributed by atoms with Crippen molar-refractivity contribution in [3.8, 4) is 11.8 Å². The Hall–Kier alpha value is -2.56. The van der Waals surface area contributed by atoms with Crippen molar-refractivity contribution in [2.75, 3.05) is 18.5 Å². The number of aryl methyl sites for hydroxylation is 1. The Balaban J connectivity index is 1.64. The fourth-order valence-corrected chi connectivity index (χ4v) is 3.03. The standard InChI is InChI=1S/C18H17ClN2O4S/c1-12-9-14(19)4-5-15(12)24-7-2-3-17(23)25-11-16(22)21-18-13(10-20)6-8-26-18/h4-6,8-9H,2-3,7,11H2,1H3,(H,21,22). The molecule has 136 valence electrons. The van der Waals surface area contributed by atoms with E-state index in [2.05, 4.69) is 5.32 Å². The van der Waals surface area contributed by atoms with E-state index in [1.165, 1.54) is 11.3 Å². The number of halogens is 1. The minimum Gasteiger partial charge on any atom is -0.493 e. The fraction of sp³-hybridized carbons (Fsp3) is 0.278. The molecule has 0 saturated heterocycles. The zero-order valence-corrected chi connectivity index (χ0v) is 15.7. The Morgan fingerprint density at radius 3 is 2.88 bits per heavy atom. The number of thiophene rings is 1. The van der Waals surface area contributed by atoms with E-state index in [1.54, 1.807) is 29.6 Å². The highest BCUT2D eigenvalue weighted by molar-refractivity contribution is 7.14. The maximum atomic E-state index is 11.7. The lowest BCUT2D eigenvalue weighted by molar-refractivity contribution is -0.147. The number of nitrogens with zero attached hydrogens (tertiary/aromatic N) is 1. The normalized spacial score (nSPS) is 10.0. The van der Waals surface area contributed by atoms with E-state index in [0.29, 0.717) is 34.4 Å². The lowest BCUT2D eigenvalue weighted by Crippen LogP contribution is -2.21. The molecule has 0 fully saturated rings. The highest BCUT2D eigenvalue weighted by Gasteiger charge is 2.11. The Morgan fingerprint density at radius 1 is 1.35 bits per heavy atom. The van der Waals surface area contributed by atoms with Crippen molar-refractivity contribution in [2.24, 2.45) is 0 Å². The summed E-state index contributed by atoms with van der Waals surface area (Å²) in [5.41, 5.74) is 1.30. The third-order valence-corrected chi connectivity index (χ3v) is 4.39. The second-order valence-electron chi connectivity index (χ2n) is 5.35. The van der Waals surface area contributed by atoms with Crippen LogP contribution >= 0.6 is 22.9 Å². The summed E-state index contributed by atoms with van der Waals surface area (Å²) in [4.78, 5) is 23.4. The molecule has 0 radical (unpaired) electrons. The third kappa shape index (κ3) is 6.06. The molecule has 1 aromatic carbocycles. The molecule has 0 aliphatic heterocycles. The highest BCUT2D eigenvalue weighted by atomic mass is 35.5. The zero-order chi connectivity index (χ0) is 18.9. The minimum atomic E-state index is -0.483. The van der Waals surface area contributed by atoms with Gasteiger partial charge in [-0.2, -0.15) is 5.26 Å². The van der Waals surface area contributed by atoms with E-state index >= 15 is 0 Å². The number of hydrogen-bond donors (Lipinski definition) is 1. The summed E-state index contributed by atoms with van der Waals surface area (Å²) in [5, 5.41) is 14.2. The van der Waals surface area contributed by atoms with Crippen LogP contribution in [0.15, 0.2) is 29.6 Å². The molecule has 1 N–H and O–H groups in total. The van der Waals surface area contributed by atoms with Crippen molar-refractivity contribution in [1.82, 2.24) is 0 Å². The van der Waals surface area contributed by atoms with Gasteiger partial charge in [0, 0.05) is 11.4 Å². The van der Waals surface area contributed by atoms with Gasteiger partial charge >= 0.3 is 5.97 Å². The molecule has 1 aromatic heterocycles. The number of nitrogens with one attached hydrogen (secondary N) is 1. The van der Waals surface area contributed by atoms with E-state index in [4.69, 9.17) is 26.3 Å². The number of carbonyl (C=O) groups excluding carboxylic acids is 2. The number of nitriles is 1. The summed E-state index contributed by atoms with van der Waals surface area (Å²) in [6.45, 7) is 1.85. The number of amides is 1. The van der Waals surface area contributed by atoms with Crippen LogP contribution in [0.3, 0.4) is 0 Å². The number of benzene rings is 1. The lowest BCUT2D eigenvalue weighted by Gasteiger charge is -2.09. The van der Waals surface area contributed by atoms with Gasteiger partial charge in [-0.1, -0.05) is 11.6 Å². The number of rotatable bonds is 8. The molecular weight excluding hydrogens is 376 g/mol. The first-order valence-corrected chi connectivity index (χ1v) is 9.07. The summed E-state index contributed by atoms with van der Waals surface area (Å²) < 4.78 is 10.5. The second-order valence-corrected chi connectivity index (χ2v) is 6.70. The van der Waals surface area contributed by atoms with Crippen molar-refractivity contribution in [3.63, 3.8) is 0 Å². The van der Waals surface area contributed by atoms with E-state index in [1.807, 2.05) is 13.0 Å². The minimum absolute atomic E-state index is 0.141. The van der Waals surface area contributed by atoms with Gasteiger partial charge in [-0.25, -0.2) is 0 Å². The van der Waals surface area contributed by atoms with Gasteiger partial charge in [0.05, 0.1) is 12.2 Å². The van der Waals surface area contributed by atoms with Crippen LogP contribution in [-0.4, -0.2) is 25.1 Å². The van der Waals surface area contributed by atoms with Crippen LogP contribution < -0.4 is 10.1 Å². The van der Waals surface area contributed by atoms with E-state index in [0.717, 1.165) is 5.56 Å². The van der Waals surface area contributed by atoms with Gasteiger partial charge < -0.3 is 14.8 Å². The smallest absolute Gasteiger partial charge is 0.306 e. The highest BCUT2D eigenvalue weighted by Crippen LogP contribution is 2.22. The molecule has 1 heterocycles. The molecule has 0 spiro atoms. The van der Waals surface area contributed by atoms with Gasteiger partial charge in [-0.05, 0) is 48.6 Å². The van der Waals surface area contributed by atoms with Crippen LogP contribution in [0.1, 0.15) is 24.0 Å². The first-order chi connectivity index (χ1) is 12.5. The van der Waals surface area contributed by atoms with Crippen LogP contribution in [-0.2, 0) is 14.3 Å². The van der Waals surface area contributed by atoms with Crippen molar-refractivity contribution < 1.29 is 19.1 Å². The van der Waals surface area contributed by atoms with Gasteiger partial charge in [0.2, 0.25) is 0 Å². The topological polar surface area (TPSA) is 88.4 Å². The first-order valence-electron chi connectivity index (χ1n) is 7.81. The van der Waals surface area contributed by atoms with Gasteiger partial charge in [-0.3, -0.25) is 9.59 Å². The number of ether oxygens (including phenoxy) is 2. The van der Waals surface area contributed by atoms with Crippen LogP contribution in [0.2, 0.25) is 5.02 Å². The molecule has 1 amide bonds. The fourth-order valence-electron chi connectivity index (χ4n) is 2.05. The van der Waals surface area contributed by atoms with E-state index < -0.39 is 18.5 Å². The molecule has 2 rings (SSSR count). The van der Waals surface area contributed by atoms with Crippen LogP contribution in [0.25, 0.3) is 0 Å².